The first-order valence-electron chi connectivity index (χ1n) is 6.94. The Kier molecular flexibility index (Phi) is 4.09. The molecule has 1 aromatic rings. The molecule has 1 aromatic carbocycles. The lowest BCUT2D eigenvalue weighted by Gasteiger charge is -2.47. The van der Waals surface area contributed by atoms with Gasteiger partial charge in [0.1, 0.15) is 11.6 Å². The molecule has 3 nitrogen and oxygen atoms in total. The standard InChI is InChI=1S/C15H20F2N2O/c1-3-19(4-2)14(20)15(8-13(18)9-15)10-5-11(16)7-12(17)6-10/h5-7,13H,3-4,8-9,18H2,1-2H3/t13-,15-. The summed E-state index contributed by atoms with van der Waals surface area (Å²) in [5.41, 5.74) is 5.36. The van der Waals surface area contributed by atoms with Gasteiger partial charge < -0.3 is 10.6 Å². The molecule has 0 radical (unpaired) electrons. The molecule has 0 saturated heterocycles. The summed E-state index contributed by atoms with van der Waals surface area (Å²) in [6.07, 6.45) is 0.871. The van der Waals surface area contributed by atoms with Gasteiger partial charge in [0.2, 0.25) is 5.91 Å². The summed E-state index contributed by atoms with van der Waals surface area (Å²) in [5, 5.41) is 0. The molecule has 0 heterocycles. The van der Waals surface area contributed by atoms with E-state index in [2.05, 4.69) is 0 Å². The fraction of sp³-hybridized carbons (Fsp3) is 0.533. The van der Waals surface area contributed by atoms with Crippen LogP contribution in [0.5, 0.6) is 0 Å². The Morgan fingerprint density at radius 3 is 2.15 bits per heavy atom. The second-order valence-corrected chi connectivity index (χ2v) is 5.39. The second-order valence-electron chi connectivity index (χ2n) is 5.39. The van der Waals surface area contributed by atoms with Crippen LogP contribution in [0.1, 0.15) is 32.3 Å². The summed E-state index contributed by atoms with van der Waals surface area (Å²) in [5.74, 6) is -1.41. The Morgan fingerprint density at radius 2 is 1.75 bits per heavy atom. The molecule has 1 saturated carbocycles. The highest BCUT2D eigenvalue weighted by atomic mass is 19.1. The number of benzene rings is 1. The number of carbonyl (C=O) groups excluding carboxylic acids is 1. The Balaban J connectivity index is 2.42. The summed E-state index contributed by atoms with van der Waals surface area (Å²) < 4.78 is 26.9. The van der Waals surface area contributed by atoms with Crippen LogP contribution >= 0.6 is 0 Å². The zero-order valence-electron chi connectivity index (χ0n) is 11.8. The maximum Gasteiger partial charge on any atom is 0.233 e. The van der Waals surface area contributed by atoms with Crippen molar-refractivity contribution in [1.29, 1.82) is 0 Å². The maximum atomic E-state index is 13.4. The highest BCUT2D eigenvalue weighted by Crippen LogP contribution is 2.45. The van der Waals surface area contributed by atoms with Gasteiger partial charge in [-0.2, -0.15) is 0 Å². The minimum absolute atomic E-state index is 0.0887. The van der Waals surface area contributed by atoms with Crippen LogP contribution in [0.4, 0.5) is 8.78 Å². The van der Waals surface area contributed by atoms with Crippen molar-refractivity contribution in [3.63, 3.8) is 0 Å². The largest absolute Gasteiger partial charge is 0.342 e. The normalized spacial score (nSPS) is 25.1. The van der Waals surface area contributed by atoms with E-state index in [9.17, 15) is 13.6 Å². The third-order valence-electron chi connectivity index (χ3n) is 4.10. The fourth-order valence-corrected chi connectivity index (χ4v) is 3.01. The van der Waals surface area contributed by atoms with Gasteiger partial charge in [-0.1, -0.05) is 0 Å². The summed E-state index contributed by atoms with van der Waals surface area (Å²) in [7, 11) is 0. The molecule has 0 bridgehead atoms. The number of hydrogen-bond acceptors (Lipinski definition) is 2. The maximum absolute atomic E-state index is 13.4. The van der Waals surface area contributed by atoms with Gasteiger partial charge in [-0.15, -0.1) is 0 Å². The van der Waals surface area contributed by atoms with Gasteiger partial charge in [0.25, 0.3) is 0 Å². The molecule has 1 amide bonds. The van der Waals surface area contributed by atoms with Gasteiger partial charge in [-0.3, -0.25) is 4.79 Å². The van der Waals surface area contributed by atoms with Crippen LogP contribution in [0.25, 0.3) is 0 Å². The number of nitrogens with two attached hydrogens (primary N) is 1. The number of rotatable bonds is 4. The lowest BCUT2D eigenvalue weighted by atomic mass is 9.61. The molecule has 0 unspecified atom stereocenters. The van der Waals surface area contributed by atoms with Gasteiger partial charge >= 0.3 is 0 Å². The topological polar surface area (TPSA) is 46.3 Å². The van der Waals surface area contributed by atoms with E-state index < -0.39 is 17.0 Å². The summed E-state index contributed by atoms with van der Waals surface area (Å²) >= 11 is 0. The highest BCUT2D eigenvalue weighted by Gasteiger charge is 2.51. The van der Waals surface area contributed by atoms with Crippen molar-refractivity contribution in [3.05, 3.63) is 35.4 Å². The summed E-state index contributed by atoms with van der Waals surface area (Å²) in [6, 6.07) is 3.21. The summed E-state index contributed by atoms with van der Waals surface area (Å²) in [6.45, 7) is 4.92. The highest BCUT2D eigenvalue weighted by molar-refractivity contribution is 5.89. The monoisotopic (exact) mass is 282 g/mol. The minimum atomic E-state index is -0.867. The van der Waals surface area contributed by atoms with E-state index >= 15 is 0 Å². The Bertz CT molecular complexity index is 488. The van der Waals surface area contributed by atoms with Gasteiger partial charge in [0.15, 0.2) is 0 Å². The van der Waals surface area contributed by atoms with E-state index in [1.165, 1.54) is 12.1 Å². The average molecular weight is 282 g/mol. The molecule has 0 aliphatic heterocycles. The second kappa shape index (κ2) is 5.48. The van der Waals surface area contributed by atoms with E-state index in [0.29, 0.717) is 31.5 Å². The van der Waals surface area contributed by atoms with Crippen LogP contribution in [-0.4, -0.2) is 29.9 Å². The third kappa shape index (κ3) is 2.42. The third-order valence-corrected chi connectivity index (χ3v) is 4.10. The van der Waals surface area contributed by atoms with Crippen LogP contribution in [0, 0.1) is 11.6 Å². The summed E-state index contributed by atoms with van der Waals surface area (Å²) in [4.78, 5) is 14.4. The molecule has 0 aromatic heterocycles. The Labute approximate surface area is 117 Å². The van der Waals surface area contributed by atoms with Crippen molar-refractivity contribution in [1.82, 2.24) is 4.90 Å². The first-order chi connectivity index (χ1) is 9.42. The van der Waals surface area contributed by atoms with Crippen LogP contribution in [-0.2, 0) is 10.2 Å². The molecule has 2 N–H and O–H groups in total. The number of hydrogen-bond donors (Lipinski definition) is 1. The minimum Gasteiger partial charge on any atom is -0.342 e. The van der Waals surface area contributed by atoms with Crippen LogP contribution in [0.2, 0.25) is 0 Å². The van der Waals surface area contributed by atoms with E-state index in [1.807, 2.05) is 13.8 Å². The van der Waals surface area contributed by atoms with Gasteiger partial charge in [-0.05, 0) is 44.4 Å². The average Bonchev–Trinajstić information content (AvgIpc) is 2.34. The first kappa shape index (κ1) is 14.9. The van der Waals surface area contributed by atoms with E-state index in [-0.39, 0.29) is 11.9 Å². The number of halogens is 2. The molecule has 2 rings (SSSR count). The zero-order chi connectivity index (χ0) is 14.9. The quantitative estimate of drug-likeness (QED) is 0.920. The SMILES string of the molecule is CCN(CC)C(=O)[C@]1(c2cc(F)cc(F)c2)C[C@@H](N)C1. The predicted octanol–water partition coefficient (Wildman–Crippen LogP) is 2.19. The molecule has 1 aliphatic carbocycles. The van der Waals surface area contributed by atoms with Crippen LogP contribution < -0.4 is 5.73 Å². The van der Waals surface area contributed by atoms with Crippen molar-refractivity contribution in [2.24, 2.45) is 5.73 Å². The predicted molar refractivity (Wildman–Crippen MR) is 73.2 cm³/mol. The molecular weight excluding hydrogens is 262 g/mol. The van der Waals surface area contributed by atoms with Crippen molar-refractivity contribution in [2.45, 2.75) is 38.1 Å². The zero-order valence-corrected chi connectivity index (χ0v) is 11.8. The van der Waals surface area contributed by atoms with E-state index in [4.69, 9.17) is 5.73 Å². The Morgan fingerprint density at radius 1 is 1.25 bits per heavy atom. The van der Waals surface area contributed by atoms with Crippen molar-refractivity contribution in [2.75, 3.05) is 13.1 Å². The molecule has 5 heteroatoms. The van der Waals surface area contributed by atoms with Gasteiger partial charge in [-0.25, -0.2) is 8.78 Å². The van der Waals surface area contributed by atoms with Crippen molar-refractivity contribution >= 4 is 5.91 Å². The van der Waals surface area contributed by atoms with Gasteiger partial charge in [0, 0.05) is 25.2 Å². The number of amides is 1. The number of likely N-dealkylation sites (N-methyl/N-ethyl adjacent to an activating group) is 1. The van der Waals surface area contributed by atoms with E-state index in [1.54, 1.807) is 4.90 Å². The lowest BCUT2D eigenvalue weighted by molar-refractivity contribution is -0.141. The number of carbonyl (C=O) groups is 1. The fourth-order valence-electron chi connectivity index (χ4n) is 3.01. The van der Waals surface area contributed by atoms with E-state index in [0.717, 1.165) is 6.07 Å². The van der Waals surface area contributed by atoms with Crippen molar-refractivity contribution < 1.29 is 13.6 Å². The number of nitrogens with zero attached hydrogens (tertiary/aromatic N) is 1. The molecular formula is C15H20F2N2O. The van der Waals surface area contributed by atoms with Crippen molar-refractivity contribution in [3.8, 4) is 0 Å². The van der Waals surface area contributed by atoms with Crippen LogP contribution in [0.15, 0.2) is 18.2 Å². The Hall–Kier alpha value is -1.49. The molecule has 1 aliphatic rings. The lowest BCUT2D eigenvalue weighted by Crippen LogP contribution is -2.58. The molecule has 20 heavy (non-hydrogen) atoms. The van der Waals surface area contributed by atoms with Crippen LogP contribution in [0.3, 0.4) is 0 Å². The first-order valence-corrected chi connectivity index (χ1v) is 6.94. The molecule has 0 spiro atoms. The van der Waals surface area contributed by atoms with Gasteiger partial charge in [0.05, 0.1) is 5.41 Å². The molecule has 1 fully saturated rings. The smallest absolute Gasteiger partial charge is 0.233 e. The molecule has 0 atom stereocenters. The molecule has 110 valence electrons.